The first-order chi connectivity index (χ1) is 11.4. The molecule has 1 aromatic carbocycles. The Labute approximate surface area is 148 Å². The molecule has 0 unspecified atom stereocenters. The first-order valence-corrected chi connectivity index (χ1v) is 9.18. The maximum absolute atomic E-state index is 12.5. The zero-order chi connectivity index (χ0) is 17.3. The maximum atomic E-state index is 12.5. The minimum absolute atomic E-state index is 0.00710. The van der Waals surface area contributed by atoms with Crippen molar-refractivity contribution in [3.63, 3.8) is 0 Å². The number of carbonyl (C=O) groups excluding carboxylic acids is 2. The van der Waals surface area contributed by atoms with Gasteiger partial charge < -0.3 is 10.2 Å². The van der Waals surface area contributed by atoms with Crippen LogP contribution in [-0.4, -0.2) is 24.4 Å². The molecular weight excluding hydrogens is 324 g/mol. The van der Waals surface area contributed by atoms with Crippen LogP contribution in [0.1, 0.15) is 44.6 Å². The van der Waals surface area contributed by atoms with Gasteiger partial charge in [-0.2, -0.15) is 0 Å². The van der Waals surface area contributed by atoms with E-state index in [9.17, 15) is 9.59 Å². The Hall–Kier alpha value is -1.55. The van der Waals surface area contributed by atoms with Gasteiger partial charge in [-0.1, -0.05) is 24.6 Å². The van der Waals surface area contributed by atoms with Crippen LogP contribution in [-0.2, 0) is 9.59 Å². The minimum Gasteiger partial charge on any atom is -0.353 e. The molecule has 4 nitrogen and oxygen atoms in total. The lowest BCUT2D eigenvalue weighted by molar-refractivity contribution is -0.127. The first-order valence-electron chi connectivity index (χ1n) is 8.81. The number of carbonyl (C=O) groups is 2. The van der Waals surface area contributed by atoms with Crippen LogP contribution < -0.4 is 10.2 Å². The van der Waals surface area contributed by atoms with E-state index in [-0.39, 0.29) is 30.2 Å². The van der Waals surface area contributed by atoms with Gasteiger partial charge in [0, 0.05) is 29.7 Å². The fraction of sp³-hybridized carbons (Fsp3) is 0.579. The van der Waals surface area contributed by atoms with Gasteiger partial charge in [-0.3, -0.25) is 9.59 Å². The summed E-state index contributed by atoms with van der Waals surface area (Å²) in [5, 5.41) is 3.79. The molecule has 0 spiro atoms. The Morgan fingerprint density at radius 2 is 1.96 bits per heavy atom. The van der Waals surface area contributed by atoms with E-state index in [1.54, 1.807) is 11.0 Å². The highest BCUT2D eigenvalue weighted by Gasteiger charge is 2.36. The molecule has 3 rings (SSSR count). The van der Waals surface area contributed by atoms with Gasteiger partial charge in [0.05, 0.1) is 5.92 Å². The molecule has 24 heavy (non-hydrogen) atoms. The molecule has 2 aliphatic rings. The fourth-order valence-electron chi connectivity index (χ4n) is 3.61. The Morgan fingerprint density at radius 1 is 1.25 bits per heavy atom. The highest BCUT2D eigenvalue weighted by molar-refractivity contribution is 6.31. The Morgan fingerprint density at radius 3 is 2.62 bits per heavy atom. The van der Waals surface area contributed by atoms with Crippen molar-refractivity contribution in [2.24, 2.45) is 11.8 Å². The number of nitrogens with zero attached hydrogens (tertiary/aromatic N) is 1. The average molecular weight is 349 g/mol. The topological polar surface area (TPSA) is 49.4 Å². The number of nitrogens with one attached hydrogen (secondary N) is 1. The van der Waals surface area contributed by atoms with Gasteiger partial charge in [-0.25, -0.2) is 0 Å². The van der Waals surface area contributed by atoms with E-state index in [0.717, 1.165) is 30.0 Å². The summed E-state index contributed by atoms with van der Waals surface area (Å²) in [6.45, 7) is 4.63. The lowest BCUT2D eigenvalue weighted by atomic mass is 9.87. The van der Waals surface area contributed by atoms with Gasteiger partial charge in [-0.15, -0.1) is 0 Å². The Kier molecular flexibility index (Phi) is 5.14. The van der Waals surface area contributed by atoms with E-state index in [1.807, 2.05) is 19.1 Å². The molecule has 1 aliphatic carbocycles. The normalized spacial score (nSPS) is 27.4. The van der Waals surface area contributed by atoms with Gasteiger partial charge in [0.25, 0.3) is 0 Å². The van der Waals surface area contributed by atoms with Crippen molar-refractivity contribution in [2.45, 2.75) is 52.0 Å². The summed E-state index contributed by atoms with van der Waals surface area (Å²) >= 11 is 6.16. The molecule has 0 aromatic heterocycles. The summed E-state index contributed by atoms with van der Waals surface area (Å²) < 4.78 is 0. The molecule has 1 N–H and O–H groups in total. The average Bonchev–Trinajstić information content (AvgIpc) is 2.94. The number of rotatable bonds is 3. The summed E-state index contributed by atoms with van der Waals surface area (Å²) in [6.07, 6.45) is 4.71. The molecule has 1 saturated heterocycles. The molecular formula is C19H25ClN2O2. The second-order valence-electron chi connectivity index (χ2n) is 7.30. The second kappa shape index (κ2) is 7.14. The zero-order valence-electron chi connectivity index (χ0n) is 14.3. The first kappa shape index (κ1) is 17.3. The van der Waals surface area contributed by atoms with Crippen molar-refractivity contribution in [1.82, 2.24) is 5.32 Å². The highest BCUT2D eigenvalue weighted by Crippen LogP contribution is 2.29. The molecule has 1 heterocycles. The van der Waals surface area contributed by atoms with Gasteiger partial charge >= 0.3 is 0 Å². The van der Waals surface area contributed by atoms with Crippen LogP contribution in [0.5, 0.6) is 0 Å². The molecule has 5 heteroatoms. The second-order valence-corrected chi connectivity index (χ2v) is 7.71. The number of amides is 2. The van der Waals surface area contributed by atoms with Crippen LogP contribution in [0.25, 0.3) is 0 Å². The number of aryl methyl sites for hydroxylation is 1. The number of anilines is 1. The largest absolute Gasteiger partial charge is 0.353 e. The van der Waals surface area contributed by atoms with E-state index >= 15 is 0 Å². The molecule has 1 atom stereocenters. The smallest absolute Gasteiger partial charge is 0.227 e. The van der Waals surface area contributed by atoms with E-state index in [0.29, 0.717) is 11.6 Å². The predicted molar refractivity (Wildman–Crippen MR) is 96.2 cm³/mol. The third-order valence-corrected chi connectivity index (χ3v) is 5.73. The van der Waals surface area contributed by atoms with Crippen molar-refractivity contribution in [3.05, 3.63) is 28.8 Å². The van der Waals surface area contributed by atoms with Crippen LogP contribution >= 0.6 is 11.6 Å². The van der Waals surface area contributed by atoms with Crippen molar-refractivity contribution in [1.29, 1.82) is 0 Å². The predicted octanol–water partition coefficient (Wildman–Crippen LogP) is 3.70. The third-order valence-electron chi connectivity index (χ3n) is 5.33. The van der Waals surface area contributed by atoms with Crippen molar-refractivity contribution in [2.75, 3.05) is 11.4 Å². The molecule has 0 radical (unpaired) electrons. The van der Waals surface area contributed by atoms with Crippen LogP contribution in [0, 0.1) is 18.8 Å². The number of benzene rings is 1. The van der Waals surface area contributed by atoms with E-state index in [2.05, 4.69) is 12.2 Å². The summed E-state index contributed by atoms with van der Waals surface area (Å²) in [7, 11) is 0. The molecule has 1 aliphatic heterocycles. The molecule has 1 aromatic rings. The van der Waals surface area contributed by atoms with Gasteiger partial charge in [-0.05, 0) is 56.2 Å². The summed E-state index contributed by atoms with van der Waals surface area (Å²) in [4.78, 5) is 26.5. The van der Waals surface area contributed by atoms with Crippen molar-refractivity contribution in [3.8, 4) is 0 Å². The number of hydrogen-bond acceptors (Lipinski definition) is 2. The molecule has 130 valence electrons. The fourth-order valence-corrected chi connectivity index (χ4v) is 3.78. The van der Waals surface area contributed by atoms with Crippen LogP contribution in [0.15, 0.2) is 18.2 Å². The maximum Gasteiger partial charge on any atom is 0.227 e. The summed E-state index contributed by atoms with van der Waals surface area (Å²) in [5.41, 5.74) is 1.75. The summed E-state index contributed by atoms with van der Waals surface area (Å²) in [5.74, 6) is 0.501. The molecule has 2 amide bonds. The summed E-state index contributed by atoms with van der Waals surface area (Å²) in [6, 6.07) is 5.87. The van der Waals surface area contributed by atoms with Crippen LogP contribution in [0.4, 0.5) is 5.69 Å². The number of halogens is 1. The van der Waals surface area contributed by atoms with Crippen molar-refractivity contribution >= 4 is 29.1 Å². The van der Waals surface area contributed by atoms with E-state index in [1.165, 1.54) is 12.8 Å². The standard InChI is InChI=1S/C19H25ClN2O2/c1-12-3-6-15(7-4-12)21-19(24)14-9-18(23)22(11-14)16-8-5-13(2)17(20)10-16/h5,8,10,12,14-15H,3-4,6-7,9,11H2,1-2H3,(H,21,24)/t12?,14-,15?/m1/s1. The van der Waals surface area contributed by atoms with Gasteiger partial charge in [0.1, 0.15) is 0 Å². The van der Waals surface area contributed by atoms with Crippen molar-refractivity contribution < 1.29 is 9.59 Å². The Bertz CT molecular complexity index is 638. The molecule has 0 bridgehead atoms. The Balaban J connectivity index is 1.61. The quantitative estimate of drug-likeness (QED) is 0.905. The van der Waals surface area contributed by atoms with Crippen LogP contribution in [0.3, 0.4) is 0 Å². The lowest BCUT2D eigenvalue weighted by Crippen LogP contribution is -2.41. The minimum atomic E-state index is -0.267. The number of hydrogen-bond donors (Lipinski definition) is 1. The van der Waals surface area contributed by atoms with Gasteiger partial charge in [0.15, 0.2) is 0 Å². The lowest BCUT2D eigenvalue weighted by Gasteiger charge is -2.27. The zero-order valence-corrected chi connectivity index (χ0v) is 15.1. The van der Waals surface area contributed by atoms with E-state index in [4.69, 9.17) is 11.6 Å². The SMILES string of the molecule is Cc1ccc(N2C[C@H](C(=O)NC3CCC(C)CC3)CC2=O)cc1Cl. The third kappa shape index (κ3) is 3.75. The van der Waals surface area contributed by atoms with E-state index < -0.39 is 0 Å². The highest BCUT2D eigenvalue weighted by atomic mass is 35.5. The van der Waals surface area contributed by atoms with Gasteiger partial charge in [0.2, 0.25) is 11.8 Å². The molecule has 2 fully saturated rings. The monoisotopic (exact) mass is 348 g/mol. The molecule has 1 saturated carbocycles. The van der Waals surface area contributed by atoms with Crippen LogP contribution in [0.2, 0.25) is 5.02 Å².